The summed E-state index contributed by atoms with van der Waals surface area (Å²) in [5.41, 5.74) is 3.15. The van der Waals surface area contributed by atoms with E-state index in [1.165, 1.54) is 4.90 Å². The largest absolute Gasteiger partial charge is 0.492 e. The molecular weight excluding hydrogens is 456 g/mol. The molecule has 0 bridgehead atoms. The average molecular weight is 489 g/mol. The molecule has 1 aliphatic rings. The number of hydrogen-bond acceptors (Lipinski definition) is 6. The summed E-state index contributed by atoms with van der Waals surface area (Å²) < 4.78 is 11.8. The van der Waals surface area contributed by atoms with Crippen molar-refractivity contribution in [3.63, 3.8) is 0 Å². The maximum absolute atomic E-state index is 13.3. The smallest absolute Gasteiger partial charge is 0.259 e. The molecule has 1 aliphatic heterocycles. The summed E-state index contributed by atoms with van der Waals surface area (Å²) in [4.78, 5) is 34.2. The predicted molar refractivity (Wildman–Crippen MR) is 141 cm³/mol. The molecule has 36 heavy (non-hydrogen) atoms. The highest BCUT2D eigenvalue weighted by molar-refractivity contribution is 6.08. The fraction of sp³-hybridized carbons (Fsp3) is 0.321. The lowest BCUT2D eigenvalue weighted by atomic mass is 10.1. The summed E-state index contributed by atoms with van der Waals surface area (Å²) in [6.45, 7) is 7.62. The fourth-order valence-corrected chi connectivity index (χ4v) is 3.88. The molecule has 4 rings (SSSR count). The van der Waals surface area contributed by atoms with Crippen LogP contribution in [-0.4, -0.2) is 55.6 Å². The maximum Gasteiger partial charge on any atom is 0.259 e. The zero-order chi connectivity index (χ0) is 25.8. The summed E-state index contributed by atoms with van der Waals surface area (Å²) >= 11 is 0. The van der Waals surface area contributed by atoms with Crippen LogP contribution in [0.3, 0.4) is 0 Å². The molecule has 0 saturated carbocycles. The number of ether oxygens (including phenoxy) is 2. The molecule has 0 atom stereocenters. The van der Waals surface area contributed by atoms with Gasteiger partial charge in [-0.3, -0.25) is 9.59 Å². The predicted octanol–water partition coefficient (Wildman–Crippen LogP) is 4.91. The van der Waals surface area contributed by atoms with Crippen molar-refractivity contribution in [1.29, 1.82) is 0 Å². The topological polar surface area (TPSA) is 84.0 Å². The normalized spacial score (nSPS) is 12.6. The number of hydrogen-bond donors (Lipinski definition) is 1. The molecule has 188 valence electrons. The highest BCUT2D eigenvalue weighted by Gasteiger charge is 2.26. The van der Waals surface area contributed by atoms with Crippen molar-refractivity contribution in [1.82, 2.24) is 9.88 Å². The molecule has 0 aliphatic carbocycles. The first kappa shape index (κ1) is 25.0. The summed E-state index contributed by atoms with van der Waals surface area (Å²) in [5, 5.41) is 2.92. The summed E-state index contributed by atoms with van der Waals surface area (Å²) in [6.07, 6.45) is 1.82. The Bertz CT molecular complexity index is 1250. The van der Waals surface area contributed by atoms with Crippen LogP contribution in [-0.2, 0) is 0 Å². The Morgan fingerprint density at radius 3 is 2.64 bits per heavy atom. The van der Waals surface area contributed by atoms with E-state index in [1.807, 2.05) is 56.1 Å². The molecule has 2 amide bonds. The lowest BCUT2D eigenvalue weighted by Gasteiger charge is -2.31. The maximum atomic E-state index is 13.3. The fourth-order valence-electron chi connectivity index (χ4n) is 3.88. The number of pyridine rings is 1. The van der Waals surface area contributed by atoms with Crippen LogP contribution in [0.5, 0.6) is 11.5 Å². The van der Waals surface area contributed by atoms with E-state index < -0.39 is 0 Å². The lowest BCUT2D eigenvalue weighted by Crippen LogP contribution is -2.30. The summed E-state index contributed by atoms with van der Waals surface area (Å²) in [5.74, 6) is 1.57. The van der Waals surface area contributed by atoms with Crippen molar-refractivity contribution in [2.45, 2.75) is 20.8 Å². The van der Waals surface area contributed by atoms with E-state index in [-0.39, 0.29) is 11.8 Å². The Kier molecular flexibility index (Phi) is 7.43. The molecule has 0 fully saturated rings. The first-order chi connectivity index (χ1) is 17.2. The number of aryl methyl sites for hydroxylation is 1. The van der Waals surface area contributed by atoms with Crippen LogP contribution in [0.2, 0.25) is 0 Å². The lowest BCUT2D eigenvalue weighted by molar-refractivity contribution is 0.0822. The molecule has 0 saturated heterocycles. The minimum Gasteiger partial charge on any atom is -0.492 e. The molecule has 1 N–H and O–H groups in total. The van der Waals surface area contributed by atoms with Crippen LogP contribution in [0, 0.1) is 12.8 Å². The van der Waals surface area contributed by atoms with Crippen molar-refractivity contribution in [3.05, 3.63) is 71.4 Å². The highest BCUT2D eigenvalue weighted by atomic mass is 16.5. The van der Waals surface area contributed by atoms with Crippen molar-refractivity contribution < 1.29 is 19.1 Å². The molecule has 1 aromatic heterocycles. The second-order valence-corrected chi connectivity index (χ2v) is 9.42. The van der Waals surface area contributed by atoms with Gasteiger partial charge in [0.2, 0.25) is 0 Å². The molecule has 8 heteroatoms. The minimum atomic E-state index is -0.329. The van der Waals surface area contributed by atoms with E-state index in [9.17, 15) is 9.59 Å². The van der Waals surface area contributed by atoms with Gasteiger partial charge in [0.05, 0.1) is 30.0 Å². The number of carbonyl (C=O) groups is 2. The second kappa shape index (κ2) is 10.7. The molecule has 2 aromatic carbocycles. The van der Waals surface area contributed by atoms with E-state index in [0.717, 1.165) is 17.1 Å². The Morgan fingerprint density at radius 2 is 1.94 bits per heavy atom. The Hall–Kier alpha value is -4.07. The third-order valence-corrected chi connectivity index (χ3v) is 5.71. The van der Waals surface area contributed by atoms with Gasteiger partial charge in [-0.15, -0.1) is 0 Å². The quantitative estimate of drug-likeness (QED) is 0.509. The van der Waals surface area contributed by atoms with E-state index in [0.29, 0.717) is 54.0 Å². The van der Waals surface area contributed by atoms with Crippen molar-refractivity contribution >= 4 is 29.0 Å². The average Bonchev–Trinajstić information content (AvgIpc) is 2.87. The zero-order valence-electron chi connectivity index (χ0n) is 21.4. The van der Waals surface area contributed by atoms with E-state index >= 15 is 0 Å². The molecule has 0 radical (unpaired) electrons. The van der Waals surface area contributed by atoms with Crippen LogP contribution in [0.25, 0.3) is 0 Å². The zero-order valence-corrected chi connectivity index (χ0v) is 21.4. The van der Waals surface area contributed by atoms with Crippen molar-refractivity contribution in [3.8, 4) is 11.5 Å². The van der Waals surface area contributed by atoms with Gasteiger partial charge in [0.25, 0.3) is 11.8 Å². The number of para-hydroxylation sites is 1. The molecule has 0 unspecified atom stereocenters. The van der Waals surface area contributed by atoms with Crippen LogP contribution in [0.1, 0.15) is 40.1 Å². The first-order valence-electron chi connectivity index (χ1n) is 12.0. The minimum absolute atomic E-state index is 0.202. The monoisotopic (exact) mass is 488 g/mol. The van der Waals surface area contributed by atoms with Crippen molar-refractivity contribution in [2.75, 3.05) is 44.1 Å². The number of aromatic nitrogens is 1. The SMILES string of the molecule is Cc1ccc(N2CCOc3c(C(=O)Nc4ccc(OCC(C)C)c(C(=O)N(C)C)c4)cccc32)nc1. The summed E-state index contributed by atoms with van der Waals surface area (Å²) in [7, 11) is 3.37. The van der Waals surface area contributed by atoms with Gasteiger partial charge in [0, 0.05) is 26.0 Å². The van der Waals surface area contributed by atoms with Gasteiger partial charge in [0.1, 0.15) is 18.2 Å². The van der Waals surface area contributed by atoms with Crippen molar-refractivity contribution in [2.24, 2.45) is 5.92 Å². The number of benzene rings is 2. The number of amides is 2. The van der Waals surface area contributed by atoms with Crippen LogP contribution in [0.4, 0.5) is 17.2 Å². The molecule has 3 aromatic rings. The van der Waals surface area contributed by atoms with Gasteiger partial charge in [0.15, 0.2) is 5.75 Å². The number of nitrogens with zero attached hydrogens (tertiary/aromatic N) is 3. The first-order valence-corrected chi connectivity index (χ1v) is 12.0. The number of nitrogens with one attached hydrogen (secondary N) is 1. The van der Waals surface area contributed by atoms with Crippen LogP contribution < -0.4 is 19.7 Å². The third kappa shape index (κ3) is 5.43. The highest BCUT2D eigenvalue weighted by Crippen LogP contribution is 2.39. The van der Waals surface area contributed by atoms with Gasteiger partial charge in [-0.2, -0.15) is 0 Å². The van der Waals surface area contributed by atoms with Crippen LogP contribution >= 0.6 is 0 Å². The second-order valence-electron chi connectivity index (χ2n) is 9.42. The Morgan fingerprint density at radius 1 is 1.14 bits per heavy atom. The third-order valence-electron chi connectivity index (χ3n) is 5.71. The summed E-state index contributed by atoms with van der Waals surface area (Å²) in [6, 6.07) is 14.5. The standard InChI is InChI=1S/C28H32N4O4/c1-18(2)17-36-24-11-10-20(15-22(24)28(34)31(4)5)30-27(33)21-7-6-8-23-26(21)35-14-13-32(23)25-12-9-19(3)16-29-25/h6-12,15-16,18H,13-14,17H2,1-5H3,(H,30,33). The molecular formula is C28H32N4O4. The number of anilines is 3. The van der Waals surface area contributed by atoms with Gasteiger partial charge in [-0.1, -0.05) is 26.0 Å². The number of carbonyl (C=O) groups excluding carboxylic acids is 2. The van der Waals surface area contributed by atoms with Gasteiger partial charge in [-0.25, -0.2) is 4.98 Å². The molecule has 2 heterocycles. The van der Waals surface area contributed by atoms with Crippen LogP contribution in [0.15, 0.2) is 54.7 Å². The van der Waals surface area contributed by atoms with Gasteiger partial charge >= 0.3 is 0 Å². The van der Waals surface area contributed by atoms with Gasteiger partial charge < -0.3 is 24.6 Å². The Labute approximate surface area is 211 Å². The van der Waals surface area contributed by atoms with E-state index in [1.54, 1.807) is 38.4 Å². The molecule has 8 nitrogen and oxygen atoms in total. The number of fused-ring (bicyclic) bond motifs is 1. The van der Waals surface area contributed by atoms with E-state index in [2.05, 4.69) is 10.3 Å². The number of rotatable bonds is 7. The molecule has 0 spiro atoms. The van der Waals surface area contributed by atoms with E-state index in [4.69, 9.17) is 9.47 Å². The Balaban J connectivity index is 1.62. The van der Waals surface area contributed by atoms with Gasteiger partial charge in [-0.05, 0) is 54.8 Å².